The smallest absolute Gasteiger partial charge is 0.726 e. The second kappa shape index (κ2) is 14.7. The van der Waals surface area contributed by atoms with Crippen LogP contribution < -0.4 is 10.1 Å². The number of rotatable bonds is 10. The molecule has 240 valence electrons. The molecule has 0 radical (unpaired) electrons. The van der Waals surface area contributed by atoms with E-state index in [0.29, 0.717) is 58.1 Å². The summed E-state index contributed by atoms with van der Waals surface area (Å²) in [6, 6.07) is 4.31. The molecule has 1 aromatic carbocycles. The molecule has 0 aromatic heterocycles. The van der Waals surface area contributed by atoms with Gasteiger partial charge in [-0.15, -0.1) is 0 Å². The molecule has 2 unspecified atom stereocenters. The van der Waals surface area contributed by atoms with Crippen LogP contribution in [0.25, 0.3) is 0 Å². The van der Waals surface area contributed by atoms with Crippen molar-refractivity contribution >= 4 is 37.9 Å². The van der Waals surface area contributed by atoms with Crippen LogP contribution in [0.3, 0.4) is 0 Å². The number of esters is 1. The molecule has 2 N–H and O–H groups in total. The van der Waals surface area contributed by atoms with Gasteiger partial charge in [-0.1, -0.05) is 13.3 Å². The SMILES string of the molecule is CCCC1=NC(C)C(=O)C2=C1NC(c1cc(S(=O)(=O)N3CCN(CCOC(C)=O)CC3)ccc1OCC)C2.O=S(=O)([O-])O.[H+]. The van der Waals surface area contributed by atoms with E-state index in [9.17, 15) is 18.0 Å². The maximum Gasteiger partial charge on any atom is 1.00 e. The van der Waals surface area contributed by atoms with Crippen LogP contribution >= 0.6 is 0 Å². The van der Waals surface area contributed by atoms with E-state index >= 15 is 0 Å². The normalized spacial score (nSPS) is 21.3. The Balaban J connectivity index is 0.00000104. The first-order chi connectivity index (χ1) is 20.1. The number of allylic oxidation sites excluding steroid dienone is 1. The summed E-state index contributed by atoms with van der Waals surface area (Å²) >= 11 is 0. The van der Waals surface area contributed by atoms with Crippen LogP contribution in [0.15, 0.2) is 39.4 Å². The number of piperazine rings is 1. The molecule has 0 bridgehead atoms. The van der Waals surface area contributed by atoms with E-state index in [4.69, 9.17) is 27.0 Å². The molecule has 3 aliphatic heterocycles. The van der Waals surface area contributed by atoms with Gasteiger partial charge in [0.25, 0.3) is 0 Å². The van der Waals surface area contributed by atoms with Gasteiger partial charge in [0.05, 0.1) is 29.0 Å². The van der Waals surface area contributed by atoms with Gasteiger partial charge < -0.3 is 19.3 Å². The first-order valence-corrected chi connectivity index (χ1v) is 16.9. The lowest BCUT2D eigenvalue weighted by atomic mass is 9.93. The molecule has 1 aromatic rings. The fourth-order valence-electron chi connectivity index (χ4n) is 5.23. The van der Waals surface area contributed by atoms with Crippen LogP contribution in [0.5, 0.6) is 5.75 Å². The second-order valence-electron chi connectivity index (χ2n) is 10.3. The zero-order valence-electron chi connectivity index (χ0n) is 25.7. The van der Waals surface area contributed by atoms with Gasteiger partial charge in [-0.05, 0) is 38.5 Å². The zero-order valence-corrected chi connectivity index (χ0v) is 26.4. The number of nitrogens with zero attached hydrogens (tertiary/aromatic N) is 3. The first kappa shape index (κ1) is 34.6. The Morgan fingerprint density at radius 2 is 1.84 bits per heavy atom. The number of hydrogen-bond donors (Lipinski definition) is 2. The number of benzene rings is 1. The Morgan fingerprint density at radius 1 is 1.19 bits per heavy atom. The Bertz CT molecular complexity index is 1460. The predicted molar refractivity (Wildman–Crippen MR) is 157 cm³/mol. The summed E-state index contributed by atoms with van der Waals surface area (Å²) < 4.78 is 72.4. The highest BCUT2D eigenvalue weighted by Gasteiger charge is 2.38. The number of carbonyl (C=O) groups excluding carboxylic acids is 2. The second-order valence-corrected chi connectivity index (χ2v) is 13.1. The highest BCUT2D eigenvalue weighted by Crippen LogP contribution is 2.39. The van der Waals surface area contributed by atoms with E-state index in [1.54, 1.807) is 18.2 Å². The molecule has 16 heteroatoms. The fourth-order valence-corrected chi connectivity index (χ4v) is 6.69. The molecule has 0 saturated carbocycles. The van der Waals surface area contributed by atoms with Crippen molar-refractivity contribution in [1.29, 1.82) is 0 Å². The minimum Gasteiger partial charge on any atom is -0.726 e. The molecule has 4 rings (SSSR count). The number of carbonyl (C=O) groups is 2. The molecule has 43 heavy (non-hydrogen) atoms. The molecule has 1 saturated heterocycles. The summed E-state index contributed by atoms with van der Waals surface area (Å²) in [5.74, 6) is 0.301. The van der Waals surface area contributed by atoms with Gasteiger partial charge in [-0.25, -0.2) is 16.8 Å². The number of sulfonamides is 1. The van der Waals surface area contributed by atoms with Gasteiger partial charge in [0.2, 0.25) is 20.4 Å². The lowest BCUT2D eigenvalue weighted by Gasteiger charge is -2.34. The van der Waals surface area contributed by atoms with Crippen LogP contribution in [0, 0.1) is 0 Å². The number of hydrogen-bond acceptors (Lipinski definition) is 12. The highest BCUT2D eigenvalue weighted by molar-refractivity contribution is 7.89. The molecule has 3 heterocycles. The average molecular weight is 645 g/mol. The zero-order chi connectivity index (χ0) is 31.9. The Morgan fingerprint density at radius 3 is 2.42 bits per heavy atom. The van der Waals surface area contributed by atoms with E-state index in [-0.39, 0.29) is 24.1 Å². The third-order valence-corrected chi connectivity index (χ3v) is 9.06. The lowest BCUT2D eigenvalue weighted by Crippen LogP contribution is -2.49. The fraction of sp³-hybridized carbons (Fsp3) is 0.593. The van der Waals surface area contributed by atoms with Crippen LogP contribution in [0.4, 0.5) is 0 Å². The van der Waals surface area contributed by atoms with Gasteiger partial charge >= 0.3 is 7.40 Å². The average Bonchev–Trinajstić information content (AvgIpc) is 3.37. The van der Waals surface area contributed by atoms with Crippen LogP contribution in [-0.2, 0) is 34.7 Å². The monoisotopic (exact) mass is 644 g/mol. The number of nitrogens with one attached hydrogen (secondary N) is 1. The molecule has 1 fully saturated rings. The number of aliphatic imine (C=N–C) groups is 1. The van der Waals surface area contributed by atoms with Gasteiger partial charge in [0.1, 0.15) is 18.4 Å². The molecule has 0 spiro atoms. The summed E-state index contributed by atoms with van der Waals surface area (Å²) in [5.41, 5.74) is 3.16. The van der Waals surface area contributed by atoms with Crippen molar-refractivity contribution in [1.82, 2.24) is 14.5 Å². The van der Waals surface area contributed by atoms with Crippen molar-refractivity contribution in [2.45, 2.75) is 63.9 Å². The van der Waals surface area contributed by atoms with Crippen molar-refractivity contribution < 1.29 is 46.4 Å². The summed E-state index contributed by atoms with van der Waals surface area (Å²) in [4.78, 5) is 30.8. The minimum absolute atomic E-state index is 0. The van der Waals surface area contributed by atoms with E-state index in [1.807, 2.05) is 13.8 Å². The molecule has 2 atom stereocenters. The highest BCUT2D eigenvalue weighted by atomic mass is 32.3. The predicted octanol–water partition coefficient (Wildman–Crippen LogP) is 1.57. The third-order valence-electron chi connectivity index (χ3n) is 7.17. The largest absolute Gasteiger partial charge is 1.00 e. The van der Waals surface area contributed by atoms with Gasteiger partial charge in [0, 0.05) is 57.2 Å². The first-order valence-electron chi connectivity index (χ1n) is 14.1. The quantitative estimate of drug-likeness (QED) is 0.212. The van der Waals surface area contributed by atoms with Crippen LogP contribution in [0.2, 0.25) is 0 Å². The third kappa shape index (κ3) is 9.30. The van der Waals surface area contributed by atoms with Crippen LogP contribution in [0.1, 0.15) is 60.0 Å². The van der Waals surface area contributed by atoms with Gasteiger partial charge in [-0.3, -0.25) is 24.0 Å². The van der Waals surface area contributed by atoms with Gasteiger partial charge in [-0.2, -0.15) is 4.31 Å². The summed E-state index contributed by atoms with van der Waals surface area (Å²) in [6.07, 6.45) is 2.15. The molecule has 3 aliphatic rings. The molecule has 14 nitrogen and oxygen atoms in total. The molecular formula is C27H40N4O10S2. The number of Topliss-reactive ketones (excluding diaryl/α,β-unsaturated/α-hetero) is 1. The van der Waals surface area contributed by atoms with E-state index in [2.05, 4.69) is 22.1 Å². The Labute approximate surface area is 254 Å². The minimum atomic E-state index is -4.92. The maximum atomic E-state index is 13.6. The van der Waals surface area contributed by atoms with Crippen molar-refractivity contribution in [3.63, 3.8) is 0 Å². The van der Waals surface area contributed by atoms with E-state index in [1.165, 1.54) is 11.2 Å². The maximum absolute atomic E-state index is 13.6. The van der Waals surface area contributed by atoms with E-state index in [0.717, 1.165) is 35.4 Å². The molecule has 0 aliphatic carbocycles. The van der Waals surface area contributed by atoms with Crippen molar-refractivity contribution in [3.05, 3.63) is 35.0 Å². The van der Waals surface area contributed by atoms with Crippen molar-refractivity contribution in [2.24, 2.45) is 4.99 Å². The lowest BCUT2D eigenvalue weighted by molar-refractivity contribution is -0.141. The summed E-state index contributed by atoms with van der Waals surface area (Å²) in [6.45, 7) is 10.3. The molecule has 0 amide bonds. The Kier molecular flexibility index (Phi) is 11.8. The van der Waals surface area contributed by atoms with E-state index < -0.39 is 26.5 Å². The summed E-state index contributed by atoms with van der Waals surface area (Å²) in [7, 11) is -8.65. The van der Waals surface area contributed by atoms with Gasteiger partial charge in [0.15, 0.2) is 5.78 Å². The number of dihydropyridines is 1. The molecular weight excluding hydrogens is 604 g/mol. The van der Waals surface area contributed by atoms with Crippen molar-refractivity contribution in [2.75, 3.05) is 45.9 Å². The summed E-state index contributed by atoms with van der Waals surface area (Å²) in [5, 5.41) is 3.48. The number of ketones is 1. The number of ether oxygens (including phenoxy) is 2. The standard InChI is InChI=1S/C27H38N4O6S.H2O4S/c1-5-7-23-26-22(27(33)18(3)28-23)17-24(29-26)21-16-20(8-9-25(21)36-6-2)38(34,35)31-12-10-30(11-13-31)14-15-37-19(4)32;1-5(2,3)4/h8-9,16,18,24,29H,5-7,10-15,17H2,1-4H3;(H2,1,2,3,4). The van der Waals surface area contributed by atoms with Crippen molar-refractivity contribution in [3.8, 4) is 5.75 Å². The Hall–Kier alpha value is -2.89. The van der Waals surface area contributed by atoms with Crippen LogP contribution in [-0.4, -0.2) is 105 Å². The topological polar surface area (TPSA) is 195 Å².